The number of hydrogen-bond donors (Lipinski definition) is 5. The van der Waals surface area contributed by atoms with Crippen molar-refractivity contribution in [2.75, 3.05) is 0 Å². The second-order valence-electron chi connectivity index (χ2n) is 15.3. The zero-order valence-corrected chi connectivity index (χ0v) is 33.4. The van der Waals surface area contributed by atoms with Gasteiger partial charge in [-0.2, -0.15) is 8.78 Å². The maximum Gasteiger partial charge on any atom is 0.408 e. The van der Waals surface area contributed by atoms with Crippen LogP contribution in [0.3, 0.4) is 0 Å². The molecule has 5 N–H and O–H groups in total. The van der Waals surface area contributed by atoms with E-state index < -0.39 is 89.2 Å². The van der Waals surface area contributed by atoms with E-state index in [-0.39, 0.29) is 25.8 Å². The molecule has 1 aromatic carbocycles. The quantitative estimate of drug-likeness (QED) is 0.125. The van der Waals surface area contributed by atoms with Gasteiger partial charge in [0.05, 0.1) is 18.3 Å². The Labute approximate surface area is 331 Å². The van der Waals surface area contributed by atoms with E-state index >= 15 is 8.78 Å². The first-order chi connectivity index (χ1) is 26.8. The summed E-state index contributed by atoms with van der Waals surface area (Å²) in [5.74, 6) is -12.2. The fourth-order valence-electron chi connectivity index (χ4n) is 5.69. The molecule has 1 aromatic heterocycles. The van der Waals surface area contributed by atoms with Gasteiger partial charge in [0.25, 0.3) is 5.91 Å². The Balaban J connectivity index is 1.84. The molecule has 5 atom stereocenters. The molecule has 0 saturated heterocycles. The third kappa shape index (κ3) is 14.8. The topological polar surface area (TPSA) is 209 Å². The van der Waals surface area contributed by atoms with Crippen LogP contribution in [-0.2, 0) is 41.7 Å². The average Bonchev–Trinajstić information content (AvgIpc) is 3.67. The van der Waals surface area contributed by atoms with Gasteiger partial charge in [-0.25, -0.2) is 4.79 Å². The zero-order valence-electron chi connectivity index (χ0n) is 33.4. The third-order valence-electron chi connectivity index (χ3n) is 8.84. The van der Waals surface area contributed by atoms with Gasteiger partial charge in [-0.05, 0) is 56.7 Å². The number of ether oxygens (including phenoxy) is 1. The van der Waals surface area contributed by atoms with Gasteiger partial charge in [0.1, 0.15) is 29.9 Å². The van der Waals surface area contributed by atoms with E-state index in [1.54, 1.807) is 97.0 Å². The molecular formula is C40H54F2N8O7. The van der Waals surface area contributed by atoms with Crippen molar-refractivity contribution in [3.63, 3.8) is 0 Å². The van der Waals surface area contributed by atoms with Crippen molar-refractivity contribution in [3.05, 3.63) is 66.0 Å². The predicted octanol–water partition coefficient (Wildman–Crippen LogP) is 3.46. The summed E-state index contributed by atoms with van der Waals surface area (Å²) in [6, 6.07) is 7.73. The minimum atomic E-state index is -4.68. The summed E-state index contributed by atoms with van der Waals surface area (Å²) in [5.41, 5.74) is 0.279. The van der Waals surface area contributed by atoms with Crippen LogP contribution in [0.15, 0.2) is 64.7 Å². The van der Waals surface area contributed by atoms with Crippen LogP contribution in [0.2, 0.25) is 0 Å². The molecule has 5 amide bonds. The Morgan fingerprint density at radius 3 is 1.98 bits per heavy atom. The number of aromatic nitrogens is 1. The van der Waals surface area contributed by atoms with Crippen molar-refractivity contribution in [3.8, 4) is 0 Å². The highest BCUT2D eigenvalue weighted by Crippen LogP contribution is 2.23. The Morgan fingerprint density at radius 1 is 0.789 bits per heavy atom. The molecule has 0 fully saturated rings. The number of carbonyl (C=O) groups excluding carboxylic acids is 6. The first-order valence-corrected chi connectivity index (χ1v) is 18.9. The monoisotopic (exact) mass is 796 g/mol. The number of aliphatic imine (C=N–C) groups is 2. The number of benzene rings is 1. The van der Waals surface area contributed by atoms with Crippen molar-refractivity contribution in [1.82, 2.24) is 31.6 Å². The summed E-state index contributed by atoms with van der Waals surface area (Å²) >= 11 is 0. The average molecular weight is 797 g/mol. The van der Waals surface area contributed by atoms with Crippen molar-refractivity contribution in [2.45, 2.75) is 123 Å². The first kappa shape index (κ1) is 45.8. The highest BCUT2D eigenvalue weighted by molar-refractivity contribution is 6.17. The highest BCUT2D eigenvalue weighted by atomic mass is 19.3. The predicted molar refractivity (Wildman–Crippen MR) is 209 cm³/mol. The SMILES string of the molecule is CC[C@H](C)[C@H](NC(=O)C(F)(F)C(=O)C(CC(C)C)NC(=O)[C@H](CC1N=CC=N1)NC(=O)[C@H](Cc1ccccc1)NC(=O)OC(C)(C)C)C(=O)NCc1ccccn1. The molecule has 2 heterocycles. The maximum absolute atomic E-state index is 15.9. The smallest absolute Gasteiger partial charge is 0.408 e. The standard InChI is InChI=1S/C40H54F2N8O7/c1-8-25(4)32(36(54)46-23-27-16-12-13-17-43-27)50-37(55)40(41,42)33(51)28(20-24(2)3)47-35(53)30(22-31-44-18-19-45-31)48-34(52)29(21-26-14-10-9-11-15-26)49-38(56)57-39(5,6)7/h9-19,24-25,28-32H,8,20-23H2,1-7H3,(H,46,54)(H,47,53)(H,48,52)(H,49,56)(H,50,55)/t25-,28?,29-,30-,32-/m0/s1. The molecule has 0 aliphatic carbocycles. The van der Waals surface area contributed by atoms with Crippen molar-refractivity contribution >= 4 is 47.9 Å². The number of alkyl halides is 2. The molecule has 3 rings (SSSR count). The van der Waals surface area contributed by atoms with Crippen molar-refractivity contribution in [2.24, 2.45) is 21.8 Å². The molecule has 1 aliphatic rings. The molecule has 1 aliphatic heterocycles. The number of rotatable bonds is 20. The summed E-state index contributed by atoms with van der Waals surface area (Å²) < 4.78 is 37.1. The molecule has 57 heavy (non-hydrogen) atoms. The van der Waals surface area contributed by atoms with Crippen LogP contribution in [0.5, 0.6) is 0 Å². The van der Waals surface area contributed by atoms with Crippen LogP contribution >= 0.6 is 0 Å². The summed E-state index contributed by atoms with van der Waals surface area (Å²) in [6.07, 6.45) is 2.35. The van der Waals surface area contributed by atoms with E-state index in [1.807, 2.05) is 0 Å². The molecule has 17 heteroatoms. The fraction of sp³-hybridized carbons (Fsp3) is 0.525. The number of hydrogen-bond acceptors (Lipinski definition) is 10. The van der Waals surface area contributed by atoms with Crippen LogP contribution in [0.1, 0.15) is 79.0 Å². The number of halogens is 2. The molecule has 0 radical (unpaired) electrons. The van der Waals surface area contributed by atoms with Gasteiger partial charge in [-0.3, -0.25) is 38.9 Å². The van der Waals surface area contributed by atoms with Gasteiger partial charge in [-0.1, -0.05) is 70.5 Å². The van der Waals surface area contributed by atoms with E-state index in [0.29, 0.717) is 17.7 Å². The maximum atomic E-state index is 15.9. The van der Waals surface area contributed by atoms with Crippen LogP contribution in [-0.4, -0.2) is 94.8 Å². The summed E-state index contributed by atoms with van der Waals surface area (Å²) in [5, 5.41) is 12.1. The third-order valence-corrected chi connectivity index (χ3v) is 8.84. The molecule has 0 saturated carbocycles. The minimum absolute atomic E-state index is 0.00536. The summed E-state index contributed by atoms with van der Waals surface area (Å²) in [6.45, 7) is 11.5. The number of pyridine rings is 1. The number of Topliss-reactive ketones (excluding diaryl/α,β-unsaturated/α-hetero) is 1. The first-order valence-electron chi connectivity index (χ1n) is 18.9. The number of amides is 5. The van der Waals surface area contributed by atoms with Gasteiger partial charge in [0, 0.05) is 31.5 Å². The summed E-state index contributed by atoms with van der Waals surface area (Å²) in [7, 11) is 0. The molecule has 2 aromatic rings. The molecular weight excluding hydrogens is 742 g/mol. The van der Waals surface area contributed by atoms with Gasteiger partial charge >= 0.3 is 12.0 Å². The second-order valence-corrected chi connectivity index (χ2v) is 15.3. The Morgan fingerprint density at radius 2 is 1.40 bits per heavy atom. The highest BCUT2D eigenvalue weighted by Gasteiger charge is 2.52. The largest absolute Gasteiger partial charge is 0.444 e. The number of nitrogens with one attached hydrogen (secondary N) is 5. The van der Waals surface area contributed by atoms with Crippen LogP contribution < -0.4 is 26.6 Å². The summed E-state index contributed by atoms with van der Waals surface area (Å²) in [4.78, 5) is 92.8. The van der Waals surface area contributed by atoms with Gasteiger partial charge in [0.2, 0.25) is 23.5 Å². The lowest BCUT2D eigenvalue weighted by Crippen LogP contribution is -2.61. The number of ketones is 1. The van der Waals surface area contributed by atoms with E-state index in [2.05, 4.69) is 41.6 Å². The lowest BCUT2D eigenvalue weighted by Gasteiger charge is -2.29. The fourth-order valence-corrected chi connectivity index (χ4v) is 5.69. The minimum Gasteiger partial charge on any atom is -0.444 e. The van der Waals surface area contributed by atoms with Gasteiger partial charge in [-0.15, -0.1) is 0 Å². The van der Waals surface area contributed by atoms with Crippen LogP contribution in [0.25, 0.3) is 0 Å². The number of alkyl carbamates (subject to hydrolysis) is 1. The van der Waals surface area contributed by atoms with Gasteiger partial charge in [0.15, 0.2) is 0 Å². The van der Waals surface area contributed by atoms with Crippen LogP contribution in [0, 0.1) is 11.8 Å². The second kappa shape index (κ2) is 21.1. The lowest BCUT2D eigenvalue weighted by molar-refractivity contribution is -0.162. The van der Waals surface area contributed by atoms with Gasteiger partial charge < -0.3 is 31.3 Å². The Kier molecular flexibility index (Phi) is 16.9. The zero-order chi connectivity index (χ0) is 42.3. The Bertz CT molecular complexity index is 1740. The number of carbonyl (C=O) groups is 6. The van der Waals surface area contributed by atoms with Crippen molar-refractivity contribution < 1.29 is 42.3 Å². The number of nitrogens with zero attached hydrogens (tertiary/aromatic N) is 3. The van der Waals surface area contributed by atoms with Crippen molar-refractivity contribution in [1.29, 1.82) is 0 Å². The molecule has 0 spiro atoms. The van der Waals surface area contributed by atoms with E-state index in [9.17, 15) is 28.8 Å². The Hall–Kier alpha value is -5.61. The van der Waals surface area contributed by atoms with E-state index in [0.717, 1.165) is 0 Å². The molecule has 15 nitrogen and oxygen atoms in total. The molecule has 0 bridgehead atoms. The lowest BCUT2D eigenvalue weighted by atomic mass is 9.94. The normalized spacial score (nSPS) is 15.5. The van der Waals surface area contributed by atoms with Crippen LogP contribution in [0.4, 0.5) is 13.6 Å². The van der Waals surface area contributed by atoms with E-state index in [1.165, 1.54) is 18.6 Å². The molecule has 310 valence electrons. The van der Waals surface area contributed by atoms with E-state index in [4.69, 9.17) is 4.74 Å². The molecule has 1 unspecified atom stereocenters.